The number of likely N-dealkylation sites (N-methyl/N-ethyl adjacent to an activating group) is 1. The minimum absolute atomic E-state index is 0.736. The van der Waals surface area contributed by atoms with Crippen molar-refractivity contribution in [3.8, 4) is 0 Å². The molecular weight excluding hydrogens is 180 g/mol. The fourth-order valence-corrected chi connectivity index (χ4v) is 2.48. The van der Waals surface area contributed by atoms with Gasteiger partial charge in [0.1, 0.15) is 0 Å². The van der Waals surface area contributed by atoms with Gasteiger partial charge in [-0.15, -0.1) is 0 Å². The van der Waals surface area contributed by atoms with Crippen molar-refractivity contribution in [2.75, 3.05) is 20.1 Å². The van der Waals surface area contributed by atoms with Crippen LogP contribution in [0.15, 0.2) is 16.8 Å². The number of nitrogens with one attached hydrogen (secondary N) is 1. The molecule has 3 heteroatoms. The fraction of sp³-hybridized carbons (Fsp3) is 0.600. The Bertz CT molecular complexity index is 239. The largest absolute Gasteiger partial charge is 0.315 e. The Morgan fingerprint density at radius 1 is 1.69 bits per heavy atom. The number of rotatable bonds is 3. The van der Waals surface area contributed by atoms with E-state index in [1.165, 1.54) is 18.5 Å². The highest BCUT2D eigenvalue weighted by Gasteiger charge is 2.18. The summed E-state index contributed by atoms with van der Waals surface area (Å²) < 4.78 is 0. The Balaban J connectivity index is 1.87. The zero-order valence-corrected chi connectivity index (χ0v) is 8.81. The summed E-state index contributed by atoms with van der Waals surface area (Å²) in [5.41, 5.74) is 1.44. The normalized spacial score (nSPS) is 22.8. The number of thiophene rings is 1. The van der Waals surface area contributed by atoms with Gasteiger partial charge in [-0.1, -0.05) is 0 Å². The lowest BCUT2D eigenvalue weighted by Crippen LogP contribution is -2.32. The quantitative estimate of drug-likeness (QED) is 0.789. The molecule has 1 N–H and O–H groups in total. The summed E-state index contributed by atoms with van der Waals surface area (Å²) in [5, 5.41) is 7.78. The molecule has 1 aromatic rings. The third-order valence-electron chi connectivity index (χ3n) is 2.67. The monoisotopic (exact) mass is 196 g/mol. The van der Waals surface area contributed by atoms with Crippen LogP contribution in [0.3, 0.4) is 0 Å². The SMILES string of the molecule is CN(Cc1ccsc1)C1CCNC1. The van der Waals surface area contributed by atoms with Crippen LogP contribution in [0.25, 0.3) is 0 Å². The van der Waals surface area contributed by atoms with Gasteiger partial charge >= 0.3 is 0 Å². The lowest BCUT2D eigenvalue weighted by molar-refractivity contribution is 0.249. The third kappa shape index (κ3) is 2.30. The van der Waals surface area contributed by atoms with Crippen molar-refractivity contribution in [1.29, 1.82) is 0 Å². The Morgan fingerprint density at radius 3 is 3.23 bits per heavy atom. The molecule has 1 aromatic heterocycles. The summed E-state index contributed by atoms with van der Waals surface area (Å²) in [4.78, 5) is 2.45. The lowest BCUT2D eigenvalue weighted by Gasteiger charge is -2.22. The highest BCUT2D eigenvalue weighted by molar-refractivity contribution is 7.07. The van der Waals surface area contributed by atoms with E-state index in [2.05, 4.69) is 34.1 Å². The van der Waals surface area contributed by atoms with Gasteiger partial charge in [-0.2, -0.15) is 11.3 Å². The molecule has 13 heavy (non-hydrogen) atoms. The first-order chi connectivity index (χ1) is 6.36. The van der Waals surface area contributed by atoms with Gasteiger partial charge in [-0.25, -0.2) is 0 Å². The van der Waals surface area contributed by atoms with Gasteiger partial charge in [0.25, 0.3) is 0 Å². The molecule has 0 saturated carbocycles. The van der Waals surface area contributed by atoms with Gasteiger partial charge in [0.15, 0.2) is 0 Å². The number of hydrogen-bond donors (Lipinski definition) is 1. The molecule has 2 nitrogen and oxygen atoms in total. The molecule has 0 amide bonds. The Kier molecular flexibility index (Phi) is 2.98. The highest BCUT2D eigenvalue weighted by Crippen LogP contribution is 2.13. The molecule has 1 atom stereocenters. The Hall–Kier alpha value is -0.380. The van der Waals surface area contributed by atoms with Crippen LogP contribution in [0.4, 0.5) is 0 Å². The second kappa shape index (κ2) is 4.22. The van der Waals surface area contributed by atoms with Crippen LogP contribution < -0.4 is 5.32 Å². The van der Waals surface area contributed by atoms with Crippen molar-refractivity contribution in [2.45, 2.75) is 19.0 Å². The van der Waals surface area contributed by atoms with Crippen LogP contribution >= 0.6 is 11.3 Å². The van der Waals surface area contributed by atoms with Crippen LogP contribution in [0.2, 0.25) is 0 Å². The van der Waals surface area contributed by atoms with E-state index in [-0.39, 0.29) is 0 Å². The van der Waals surface area contributed by atoms with Crippen molar-refractivity contribution >= 4 is 11.3 Å². The molecule has 0 aliphatic carbocycles. The average molecular weight is 196 g/mol. The van der Waals surface area contributed by atoms with Gasteiger partial charge in [-0.3, -0.25) is 4.90 Å². The smallest absolute Gasteiger partial charge is 0.0242 e. The summed E-state index contributed by atoms with van der Waals surface area (Å²) >= 11 is 1.78. The van der Waals surface area contributed by atoms with Crippen molar-refractivity contribution in [3.63, 3.8) is 0 Å². The first-order valence-electron chi connectivity index (χ1n) is 4.78. The molecule has 0 radical (unpaired) electrons. The van der Waals surface area contributed by atoms with Gasteiger partial charge in [0, 0.05) is 19.1 Å². The van der Waals surface area contributed by atoms with E-state index < -0.39 is 0 Å². The first-order valence-corrected chi connectivity index (χ1v) is 5.72. The lowest BCUT2D eigenvalue weighted by atomic mass is 10.2. The number of hydrogen-bond acceptors (Lipinski definition) is 3. The maximum Gasteiger partial charge on any atom is 0.0242 e. The maximum absolute atomic E-state index is 3.39. The minimum Gasteiger partial charge on any atom is -0.315 e. The van der Waals surface area contributed by atoms with E-state index in [0.29, 0.717) is 0 Å². The predicted molar refractivity (Wildman–Crippen MR) is 57.1 cm³/mol. The molecule has 0 spiro atoms. The molecule has 2 rings (SSSR count). The predicted octanol–water partition coefficient (Wildman–Crippen LogP) is 1.54. The fourth-order valence-electron chi connectivity index (χ4n) is 1.82. The van der Waals surface area contributed by atoms with Crippen molar-refractivity contribution < 1.29 is 0 Å². The van der Waals surface area contributed by atoms with E-state index >= 15 is 0 Å². The Morgan fingerprint density at radius 2 is 2.62 bits per heavy atom. The second-order valence-electron chi connectivity index (χ2n) is 3.69. The summed E-state index contributed by atoms with van der Waals surface area (Å²) in [6, 6.07) is 2.95. The zero-order valence-electron chi connectivity index (χ0n) is 7.99. The van der Waals surface area contributed by atoms with Gasteiger partial charge in [0.2, 0.25) is 0 Å². The minimum atomic E-state index is 0.736. The average Bonchev–Trinajstić information content (AvgIpc) is 2.74. The van der Waals surface area contributed by atoms with Crippen LogP contribution in [0.5, 0.6) is 0 Å². The van der Waals surface area contributed by atoms with Gasteiger partial charge in [-0.05, 0) is 42.4 Å². The van der Waals surface area contributed by atoms with Crippen LogP contribution in [-0.4, -0.2) is 31.1 Å². The molecule has 1 fully saturated rings. The zero-order chi connectivity index (χ0) is 9.10. The standard InChI is InChI=1S/C10H16N2S/c1-12(10-2-4-11-6-10)7-9-3-5-13-8-9/h3,5,8,10-11H,2,4,6-7H2,1H3. The molecule has 1 unspecified atom stereocenters. The third-order valence-corrected chi connectivity index (χ3v) is 3.40. The molecule has 1 aliphatic rings. The van der Waals surface area contributed by atoms with Crippen molar-refractivity contribution in [2.24, 2.45) is 0 Å². The van der Waals surface area contributed by atoms with E-state index in [9.17, 15) is 0 Å². The molecule has 0 aromatic carbocycles. The maximum atomic E-state index is 3.39. The first kappa shape index (κ1) is 9.19. The van der Waals surface area contributed by atoms with Crippen LogP contribution in [0, 0.1) is 0 Å². The topological polar surface area (TPSA) is 15.3 Å². The highest BCUT2D eigenvalue weighted by atomic mass is 32.1. The van der Waals surface area contributed by atoms with Gasteiger partial charge < -0.3 is 5.32 Å². The van der Waals surface area contributed by atoms with E-state index in [1.54, 1.807) is 11.3 Å². The van der Waals surface area contributed by atoms with E-state index in [4.69, 9.17) is 0 Å². The van der Waals surface area contributed by atoms with E-state index in [0.717, 1.165) is 19.1 Å². The summed E-state index contributed by atoms with van der Waals surface area (Å²) in [5.74, 6) is 0. The number of nitrogens with zero attached hydrogens (tertiary/aromatic N) is 1. The van der Waals surface area contributed by atoms with Crippen molar-refractivity contribution in [1.82, 2.24) is 10.2 Å². The van der Waals surface area contributed by atoms with Crippen LogP contribution in [-0.2, 0) is 6.54 Å². The summed E-state index contributed by atoms with van der Waals surface area (Å²) in [6.45, 7) is 3.43. The molecule has 2 heterocycles. The van der Waals surface area contributed by atoms with E-state index in [1.807, 2.05) is 0 Å². The molecular formula is C10H16N2S. The second-order valence-corrected chi connectivity index (χ2v) is 4.47. The molecule has 72 valence electrons. The van der Waals surface area contributed by atoms with Crippen molar-refractivity contribution in [3.05, 3.63) is 22.4 Å². The van der Waals surface area contributed by atoms with Crippen LogP contribution in [0.1, 0.15) is 12.0 Å². The molecule has 1 saturated heterocycles. The summed E-state index contributed by atoms with van der Waals surface area (Å²) in [7, 11) is 2.22. The summed E-state index contributed by atoms with van der Waals surface area (Å²) in [6.07, 6.45) is 1.29. The Labute approximate surface area is 83.6 Å². The molecule has 1 aliphatic heterocycles. The van der Waals surface area contributed by atoms with Gasteiger partial charge in [0.05, 0.1) is 0 Å². The molecule has 0 bridgehead atoms.